The molecule has 0 bridgehead atoms. The molecule has 1 N–H and O–H groups in total. The van der Waals surface area contributed by atoms with Gasteiger partial charge in [-0.3, -0.25) is 0 Å². The van der Waals surface area contributed by atoms with E-state index >= 15 is 0 Å². The number of furan rings is 1. The Bertz CT molecular complexity index is 489. The van der Waals surface area contributed by atoms with Gasteiger partial charge in [-0.25, -0.2) is 0 Å². The number of nitrogens with zero attached hydrogens (tertiary/aromatic N) is 2. The van der Waals surface area contributed by atoms with Crippen molar-refractivity contribution in [3.05, 3.63) is 36.1 Å². The van der Waals surface area contributed by atoms with Crippen molar-refractivity contribution >= 4 is 11.0 Å². The van der Waals surface area contributed by atoms with Gasteiger partial charge in [0.25, 0.3) is 0 Å². The van der Waals surface area contributed by atoms with Crippen molar-refractivity contribution in [3.63, 3.8) is 0 Å². The number of rotatable bonds is 6. The Labute approximate surface area is 114 Å². The van der Waals surface area contributed by atoms with Crippen molar-refractivity contribution in [2.24, 2.45) is 0 Å². The van der Waals surface area contributed by atoms with Crippen LogP contribution in [0.1, 0.15) is 11.9 Å². The lowest BCUT2D eigenvalue weighted by molar-refractivity contribution is 0.105. The van der Waals surface area contributed by atoms with E-state index in [4.69, 9.17) is 4.42 Å². The van der Waals surface area contributed by atoms with Crippen LogP contribution in [0, 0.1) is 0 Å². The minimum absolute atomic E-state index is 0.577. The highest BCUT2D eigenvalue weighted by atomic mass is 16.4. The maximum absolute atomic E-state index is 10.2. The molecule has 19 heavy (non-hydrogen) atoms. The summed E-state index contributed by atoms with van der Waals surface area (Å²) in [7, 11) is 6.10. The van der Waals surface area contributed by atoms with Crippen molar-refractivity contribution < 1.29 is 9.52 Å². The Morgan fingerprint density at radius 3 is 2.58 bits per heavy atom. The van der Waals surface area contributed by atoms with Crippen LogP contribution in [0.25, 0.3) is 11.0 Å². The van der Waals surface area contributed by atoms with Gasteiger partial charge in [0.05, 0.1) is 0 Å². The first kappa shape index (κ1) is 14.1. The number of aliphatic hydroxyl groups excluding tert-OH is 1. The predicted octanol–water partition coefficient (Wildman–Crippen LogP) is 1.96. The molecule has 0 aliphatic rings. The second kappa shape index (κ2) is 6.19. The molecule has 0 aliphatic carbocycles. The predicted molar refractivity (Wildman–Crippen MR) is 77.2 cm³/mol. The fourth-order valence-electron chi connectivity index (χ4n) is 2.01. The third-order valence-electron chi connectivity index (χ3n) is 3.19. The quantitative estimate of drug-likeness (QED) is 0.864. The lowest BCUT2D eigenvalue weighted by Gasteiger charge is -2.21. The molecule has 1 aromatic carbocycles. The fraction of sp³-hybridized carbons (Fsp3) is 0.467. The first-order valence-electron chi connectivity index (χ1n) is 6.56. The summed E-state index contributed by atoms with van der Waals surface area (Å²) in [5.41, 5.74) is 0.826. The number of hydrogen-bond acceptors (Lipinski definition) is 4. The van der Waals surface area contributed by atoms with Crippen LogP contribution < -0.4 is 0 Å². The van der Waals surface area contributed by atoms with E-state index in [2.05, 4.69) is 9.80 Å². The van der Waals surface area contributed by atoms with Crippen LogP contribution in [-0.4, -0.2) is 55.7 Å². The molecule has 2 aromatic rings. The topological polar surface area (TPSA) is 39.9 Å². The summed E-state index contributed by atoms with van der Waals surface area (Å²) in [5.74, 6) is 0.637. The Hall–Kier alpha value is -1.36. The zero-order valence-corrected chi connectivity index (χ0v) is 11.8. The molecule has 0 aliphatic heterocycles. The standard InChI is InChI=1S/C15H22N2O2/c1-16(2)8-9-17(3)11-13(18)15-10-12-6-4-5-7-14(12)19-15/h4-7,10,13,18H,8-9,11H2,1-3H3. The summed E-state index contributed by atoms with van der Waals surface area (Å²) in [6, 6.07) is 9.73. The van der Waals surface area contributed by atoms with Gasteiger partial charge in [0.15, 0.2) is 0 Å². The van der Waals surface area contributed by atoms with Crippen LogP contribution in [0.4, 0.5) is 0 Å². The van der Waals surface area contributed by atoms with Crippen LogP contribution in [0.2, 0.25) is 0 Å². The second-order valence-electron chi connectivity index (χ2n) is 5.27. The van der Waals surface area contributed by atoms with Crippen LogP contribution in [0.15, 0.2) is 34.7 Å². The molecule has 0 radical (unpaired) electrons. The molecule has 104 valence electrons. The van der Waals surface area contributed by atoms with Gasteiger partial charge >= 0.3 is 0 Å². The molecule has 1 unspecified atom stereocenters. The van der Waals surface area contributed by atoms with E-state index in [1.807, 2.05) is 51.5 Å². The second-order valence-corrected chi connectivity index (χ2v) is 5.27. The minimum atomic E-state index is -0.584. The lowest BCUT2D eigenvalue weighted by atomic mass is 10.2. The molecule has 0 spiro atoms. The summed E-state index contributed by atoms with van der Waals surface area (Å²) in [6.45, 7) is 2.47. The fourth-order valence-corrected chi connectivity index (χ4v) is 2.01. The average molecular weight is 262 g/mol. The van der Waals surface area contributed by atoms with Gasteiger partial charge in [0.1, 0.15) is 17.4 Å². The summed E-state index contributed by atoms with van der Waals surface area (Å²) in [6.07, 6.45) is -0.584. The molecule has 0 fully saturated rings. The van der Waals surface area contributed by atoms with E-state index in [1.165, 1.54) is 0 Å². The van der Waals surface area contributed by atoms with E-state index in [1.54, 1.807) is 0 Å². The van der Waals surface area contributed by atoms with Gasteiger partial charge < -0.3 is 19.3 Å². The van der Waals surface area contributed by atoms with Crippen molar-refractivity contribution in [1.29, 1.82) is 0 Å². The van der Waals surface area contributed by atoms with Gasteiger partial charge in [-0.2, -0.15) is 0 Å². The van der Waals surface area contributed by atoms with Crippen LogP contribution in [0.3, 0.4) is 0 Å². The van der Waals surface area contributed by atoms with E-state index in [0.717, 1.165) is 24.1 Å². The third-order valence-corrected chi connectivity index (χ3v) is 3.19. The number of likely N-dealkylation sites (N-methyl/N-ethyl adjacent to an activating group) is 2. The number of benzene rings is 1. The Balaban J connectivity index is 1.97. The number of aliphatic hydroxyl groups is 1. The first-order valence-corrected chi connectivity index (χ1v) is 6.56. The van der Waals surface area contributed by atoms with Gasteiger partial charge in [-0.1, -0.05) is 18.2 Å². The largest absolute Gasteiger partial charge is 0.458 e. The van der Waals surface area contributed by atoms with Gasteiger partial charge in [-0.05, 0) is 33.3 Å². The van der Waals surface area contributed by atoms with E-state index in [-0.39, 0.29) is 0 Å². The molecule has 4 heteroatoms. The van der Waals surface area contributed by atoms with Gasteiger partial charge in [0, 0.05) is 25.0 Å². The van der Waals surface area contributed by atoms with Crippen molar-refractivity contribution in [2.45, 2.75) is 6.10 Å². The molecule has 0 saturated carbocycles. The van der Waals surface area contributed by atoms with Crippen LogP contribution in [-0.2, 0) is 0 Å². The number of hydrogen-bond donors (Lipinski definition) is 1. The third kappa shape index (κ3) is 3.80. The van der Waals surface area contributed by atoms with Gasteiger partial charge in [0.2, 0.25) is 0 Å². The highest BCUT2D eigenvalue weighted by Crippen LogP contribution is 2.24. The Kier molecular flexibility index (Phi) is 4.58. The zero-order chi connectivity index (χ0) is 13.8. The molecule has 2 rings (SSSR count). The maximum Gasteiger partial charge on any atom is 0.135 e. The van der Waals surface area contributed by atoms with Gasteiger partial charge in [-0.15, -0.1) is 0 Å². The molecule has 0 saturated heterocycles. The summed E-state index contributed by atoms with van der Waals surface area (Å²) in [5, 5.41) is 11.2. The summed E-state index contributed by atoms with van der Waals surface area (Å²) >= 11 is 0. The number of para-hydroxylation sites is 1. The van der Waals surface area contributed by atoms with Crippen molar-refractivity contribution in [3.8, 4) is 0 Å². The summed E-state index contributed by atoms with van der Waals surface area (Å²) in [4.78, 5) is 4.24. The molecular weight excluding hydrogens is 240 g/mol. The molecule has 0 amide bonds. The molecule has 1 heterocycles. The maximum atomic E-state index is 10.2. The Morgan fingerprint density at radius 1 is 1.16 bits per heavy atom. The monoisotopic (exact) mass is 262 g/mol. The highest BCUT2D eigenvalue weighted by molar-refractivity contribution is 5.77. The van der Waals surface area contributed by atoms with E-state index in [0.29, 0.717) is 12.3 Å². The molecule has 4 nitrogen and oxygen atoms in total. The first-order chi connectivity index (χ1) is 9.06. The zero-order valence-electron chi connectivity index (χ0n) is 11.8. The smallest absolute Gasteiger partial charge is 0.135 e. The highest BCUT2D eigenvalue weighted by Gasteiger charge is 2.15. The average Bonchev–Trinajstić information content (AvgIpc) is 2.80. The van der Waals surface area contributed by atoms with E-state index in [9.17, 15) is 5.11 Å². The molecular formula is C15H22N2O2. The van der Waals surface area contributed by atoms with Crippen LogP contribution >= 0.6 is 0 Å². The normalized spacial score (nSPS) is 13.6. The molecule has 1 aromatic heterocycles. The van der Waals surface area contributed by atoms with E-state index < -0.39 is 6.10 Å². The minimum Gasteiger partial charge on any atom is -0.458 e. The summed E-state index contributed by atoms with van der Waals surface area (Å²) < 4.78 is 5.67. The number of fused-ring (bicyclic) bond motifs is 1. The van der Waals surface area contributed by atoms with Crippen LogP contribution in [0.5, 0.6) is 0 Å². The SMILES string of the molecule is CN(C)CCN(C)CC(O)c1cc2ccccc2o1. The lowest BCUT2D eigenvalue weighted by Crippen LogP contribution is -2.31. The van der Waals surface area contributed by atoms with Crippen molar-refractivity contribution in [1.82, 2.24) is 9.80 Å². The van der Waals surface area contributed by atoms with Crippen molar-refractivity contribution in [2.75, 3.05) is 40.8 Å². The molecule has 1 atom stereocenters. The Morgan fingerprint density at radius 2 is 1.89 bits per heavy atom.